The monoisotopic (exact) mass is 289 g/mol. The zero-order valence-electron chi connectivity index (χ0n) is 13.4. The molecule has 0 fully saturated rings. The lowest BCUT2D eigenvalue weighted by Crippen LogP contribution is -2.08. The van der Waals surface area contributed by atoms with Gasteiger partial charge in [-0.1, -0.05) is 25.1 Å². The van der Waals surface area contributed by atoms with Crippen molar-refractivity contribution in [1.82, 2.24) is 0 Å². The van der Waals surface area contributed by atoms with Crippen LogP contribution in [0.5, 0.6) is 11.7 Å². The number of hydrogen-bond donors (Lipinski definition) is 1. The Morgan fingerprint density at radius 2 is 1.95 bits per heavy atom. The molecule has 0 radical (unpaired) electrons. The van der Waals surface area contributed by atoms with Crippen LogP contribution in [-0.2, 0) is 6.42 Å². The first kappa shape index (κ1) is 15.3. The molecule has 0 spiro atoms. The zero-order chi connectivity index (χ0) is 15.6. The third-order valence-electron chi connectivity index (χ3n) is 3.53. The highest BCUT2D eigenvalue weighted by atomic mass is 16.6. The maximum absolute atomic E-state index is 10.4. The minimum absolute atomic E-state index is 0.0594. The van der Waals surface area contributed by atoms with Gasteiger partial charge in [-0.2, -0.15) is 0 Å². The van der Waals surface area contributed by atoms with Gasteiger partial charge in [0, 0.05) is 14.1 Å². The molecule has 0 aliphatic rings. The molecule has 1 N–H and O–H groups in total. The van der Waals surface area contributed by atoms with Crippen LogP contribution in [0.15, 0.2) is 22.6 Å². The molecule has 4 heteroatoms. The van der Waals surface area contributed by atoms with Gasteiger partial charge in [0.25, 0.3) is 0 Å². The third-order valence-corrected chi connectivity index (χ3v) is 3.53. The second-order valence-electron chi connectivity index (χ2n) is 5.24. The Hall–Kier alpha value is -2.10. The van der Waals surface area contributed by atoms with E-state index in [-0.39, 0.29) is 11.7 Å². The smallest absolute Gasteiger partial charge is 0.330 e. The summed E-state index contributed by atoms with van der Waals surface area (Å²) in [5.74, 6) is 0.831. The molecular formula is C17H23NO3. The average Bonchev–Trinajstić information content (AvgIpc) is 2.77. The largest absolute Gasteiger partial charge is 0.501 e. The van der Waals surface area contributed by atoms with Crippen LogP contribution in [0.1, 0.15) is 25.0 Å². The lowest BCUT2D eigenvalue weighted by Gasteiger charge is -2.12. The van der Waals surface area contributed by atoms with Gasteiger partial charge in [-0.05, 0) is 37.0 Å². The Morgan fingerprint density at radius 1 is 1.24 bits per heavy atom. The lowest BCUT2D eigenvalue weighted by molar-refractivity contribution is 0.244. The summed E-state index contributed by atoms with van der Waals surface area (Å²) in [6.45, 7) is 6.52. The van der Waals surface area contributed by atoms with E-state index in [0.717, 1.165) is 12.0 Å². The molecule has 2 rings (SSSR count). The number of anilines is 1. The van der Waals surface area contributed by atoms with E-state index in [0.29, 0.717) is 18.1 Å². The summed E-state index contributed by atoms with van der Waals surface area (Å²) in [7, 11) is 3.76. The van der Waals surface area contributed by atoms with Crippen LogP contribution in [0, 0.1) is 6.92 Å². The van der Waals surface area contributed by atoms with Gasteiger partial charge in [-0.25, -0.2) is 0 Å². The fourth-order valence-corrected chi connectivity index (χ4v) is 2.44. The molecule has 0 saturated heterocycles. The summed E-state index contributed by atoms with van der Waals surface area (Å²) < 4.78 is 11.0. The normalized spacial score (nSPS) is 10.7. The molecule has 0 unspecified atom stereocenters. The highest BCUT2D eigenvalue weighted by molar-refractivity contribution is 5.83. The third kappa shape index (κ3) is 2.84. The Balaban J connectivity index is 2.58. The SMILES string of the molecule is CCOc1oc(N(C)C)c(-c2ccc(CC)c(C)c2)c1O. The summed E-state index contributed by atoms with van der Waals surface area (Å²) in [6, 6.07) is 6.18. The first-order chi connectivity index (χ1) is 9.99. The van der Waals surface area contributed by atoms with Gasteiger partial charge in [-0.3, -0.25) is 0 Å². The number of furan rings is 1. The first-order valence-corrected chi connectivity index (χ1v) is 7.25. The van der Waals surface area contributed by atoms with E-state index in [4.69, 9.17) is 9.15 Å². The zero-order valence-corrected chi connectivity index (χ0v) is 13.4. The van der Waals surface area contributed by atoms with Crippen molar-refractivity contribution < 1.29 is 14.3 Å². The van der Waals surface area contributed by atoms with Gasteiger partial charge in [0.15, 0.2) is 0 Å². The van der Waals surface area contributed by atoms with Crippen LogP contribution >= 0.6 is 0 Å². The van der Waals surface area contributed by atoms with Crippen LogP contribution in [0.4, 0.5) is 5.88 Å². The molecule has 2 aromatic rings. The highest BCUT2D eigenvalue weighted by Gasteiger charge is 2.24. The highest BCUT2D eigenvalue weighted by Crippen LogP contribution is 2.47. The maximum Gasteiger partial charge on any atom is 0.330 e. The van der Waals surface area contributed by atoms with Crippen molar-refractivity contribution >= 4 is 5.88 Å². The number of benzene rings is 1. The van der Waals surface area contributed by atoms with Crippen molar-refractivity contribution in [2.45, 2.75) is 27.2 Å². The molecule has 0 bridgehead atoms. The fourth-order valence-electron chi connectivity index (χ4n) is 2.44. The number of ether oxygens (including phenoxy) is 1. The summed E-state index contributed by atoms with van der Waals surface area (Å²) in [4.78, 5) is 1.83. The van der Waals surface area contributed by atoms with Crippen LogP contribution < -0.4 is 9.64 Å². The van der Waals surface area contributed by atoms with E-state index >= 15 is 0 Å². The molecule has 0 atom stereocenters. The van der Waals surface area contributed by atoms with Crippen molar-refractivity contribution in [3.63, 3.8) is 0 Å². The standard InChI is InChI=1S/C17H23NO3/c1-6-12-8-9-13(10-11(12)3)14-15(19)17(20-7-2)21-16(14)18(4)5/h8-10,19H,6-7H2,1-5H3. The fraction of sp³-hybridized carbons (Fsp3) is 0.412. The summed E-state index contributed by atoms with van der Waals surface area (Å²) in [5, 5.41) is 10.4. The van der Waals surface area contributed by atoms with Crippen molar-refractivity contribution in [3.8, 4) is 22.8 Å². The molecule has 114 valence electrons. The van der Waals surface area contributed by atoms with Crippen molar-refractivity contribution in [2.24, 2.45) is 0 Å². The van der Waals surface area contributed by atoms with E-state index < -0.39 is 0 Å². The Labute approximate surface area is 126 Å². The Bertz CT molecular complexity index is 629. The second kappa shape index (κ2) is 6.12. The predicted molar refractivity (Wildman–Crippen MR) is 85.4 cm³/mol. The van der Waals surface area contributed by atoms with Crippen LogP contribution in [0.3, 0.4) is 0 Å². The molecule has 0 aliphatic heterocycles. The minimum atomic E-state index is 0.0594. The summed E-state index contributed by atoms with van der Waals surface area (Å²) in [5.41, 5.74) is 4.12. The van der Waals surface area contributed by atoms with Crippen LogP contribution in [0.2, 0.25) is 0 Å². The van der Waals surface area contributed by atoms with E-state index in [1.54, 1.807) is 0 Å². The number of aryl methyl sites for hydroxylation is 2. The minimum Gasteiger partial charge on any atom is -0.501 e. The Kier molecular flexibility index (Phi) is 4.46. The van der Waals surface area contributed by atoms with Crippen molar-refractivity contribution in [2.75, 3.05) is 25.6 Å². The number of nitrogens with zero attached hydrogens (tertiary/aromatic N) is 1. The summed E-state index contributed by atoms with van der Waals surface area (Å²) >= 11 is 0. The quantitative estimate of drug-likeness (QED) is 0.904. The number of hydrogen-bond acceptors (Lipinski definition) is 4. The van der Waals surface area contributed by atoms with Gasteiger partial charge in [0.2, 0.25) is 11.6 Å². The molecular weight excluding hydrogens is 266 g/mol. The van der Waals surface area contributed by atoms with E-state index in [1.165, 1.54) is 11.1 Å². The molecule has 4 nitrogen and oxygen atoms in total. The van der Waals surface area contributed by atoms with Gasteiger partial charge in [0.05, 0.1) is 12.2 Å². The van der Waals surface area contributed by atoms with E-state index in [1.807, 2.05) is 32.0 Å². The van der Waals surface area contributed by atoms with Crippen molar-refractivity contribution in [1.29, 1.82) is 0 Å². The average molecular weight is 289 g/mol. The van der Waals surface area contributed by atoms with Gasteiger partial charge in [-0.15, -0.1) is 0 Å². The topological polar surface area (TPSA) is 45.8 Å². The molecule has 21 heavy (non-hydrogen) atoms. The number of aromatic hydroxyl groups is 1. The van der Waals surface area contributed by atoms with Gasteiger partial charge < -0.3 is 19.2 Å². The predicted octanol–water partition coefficient (Wildman–Crippen LogP) is 3.99. The molecule has 0 aliphatic carbocycles. The van der Waals surface area contributed by atoms with Crippen LogP contribution in [0.25, 0.3) is 11.1 Å². The first-order valence-electron chi connectivity index (χ1n) is 7.25. The van der Waals surface area contributed by atoms with E-state index in [9.17, 15) is 5.11 Å². The van der Waals surface area contributed by atoms with E-state index in [2.05, 4.69) is 26.0 Å². The van der Waals surface area contributed by atoms with Gasteiger partial charge >= 0.3 is 5.95 Å². The molecule has 1 heterocycles. The molecule has 1 aromatic heterocycles. The Morgan fingerprint density at radius 3 is 2.48 bits per heavy atom. The molecule has 0 amide bonds. The second-order valence-corrected chi connectivity index (χ2v) is 5.24. The number of rotatable bonds is 5. The lowest BCUT2D eigenvalue weighted by atomic mass is 9.99. The molecule has 1 aromatic carbocycles. The van der Waals surface area contributed by atoms with Crippen molar-refractivity contribution in [3.05, 3.63) is 29.3 Å². The molecule has 0 saturated carbocycles. The summed E-state index contributed by atoms with van der Waals surface area (Å²) in [6.07, 6.45) is 0.994. The maximum atomic E-state index is 10.4. The van der Waals surface area contributed by atoms with Crippen LogP contribution in [-0.4, -0.2) is 25.8 Å². The van der Waals surface area contributed by atoms with Gasteiger partial charge in [0.1, 0.15) is 0 Å².